The van der Waals surface area contributed by atoms with Gasteiger partial charge in [0, 0.05) is 49.6 Å². The number of aromatic amines is 2. The number of urea groups is 1. The molecule has 3 saturated heterocycles. The molecule has 2 aromatic heterocycles. The van der Waals surface area contributed by atoms with E-state index in [2.05, 4.69) is 78.9 Å². The van der Waals surface area contributed by atoms with E-state index in [0.717, 1.165) is 83.8 Å². The van der Waals surface area contributed by atoms with E-state index in [-0.39, 0.29) is 22.6 Å². The summed E-state index contributed by atoms with van der Waals surface area (Å²) in [6.07, 6.45) is 7.92. The van der Waals surface area contributed by atoms with Crippen molar-refractivity contribution < 1.29 is 9.59 Å². The number of rotatable bonds is 8. The topological polar surface area (TPSA) is 101 Å². The van der Waals surface area contributed by atoms with Gasteiger partial charge in [0.1, 0.15) is 16.5 Å². The Bertz CT molecular complexity index is 1990. The standard InChI is InChI=1S/C41H51N7O2S2/c1-8-46(6)40(50)48-22-10-20-41(48,51-7)39-42-24-34(45-39)30-17-14-28(15-18-30)12-13-29-16-19-32-33(23-29)44-36(43-32)35-31-11-9-21-47(38(31)52-35)37(49)27(5)26(4)25(2)3/h14-19,23-27,31,35,38H,8-11,20-22H2,1-7H3,(H,42,45)(H,43,44). The van der Waals surface area contributed by atoms with Crippen LogP contribution in [0.25, 0.3) is 22.3 Å². The van der Waals surface area contributed by atoms with Crippen molar-refractivity contribution in [2.24, 2.45) is 23.7 Å². The number of fused-ring (bicyclic) bond motifs is 2. The van der Waals surface area contributed by atoms with Gasteiger partial charge in [0.05, 0.1) is 33.5 Å². The van der Waals surface area contributed by atoms with Gasteiger partial charge in [0.15, 0.2) is 0 Å². The number of hydrogen-bond acceptors (Lipinski definition) is 6. The molecular weight excluding hydrogens is 687 g/mol. The van der Waals surface area contributed by atoms with Crippen LogP contribution in [0.1, 0.15) is 88.3 Å². The molecule has 7 rings (SSSR count). The normalized spacial score (nSPS) is 23.9. The predicted octanol–water partition coefficient (Wildman–Crippen LogP) is 8.32. The van der Waals surface area contributed by atoms with Crippen molar-refractivity contribution in [3.63, 3.8) is 0 Å². The van der Waals surface area contributed by atoms with Crippen LogP contribution in [0.15, 0.2) is 48.7 Å². The van der Waals surface area contributed by atoms with E-state index in [1.807, 2.05) is 61.1 Å². The van der Waals surface area contributed by atoms with Gasteiger partial charge in [0.25, 0.3) is 0 Å². The second-order valence-corrected chi connectivity index (χ2v) is 17.4. The molecule has 0 radical (unpaired) electrons. The fourth-order valence-corrected chi connectivity index (χ4v) is 10.6. The number of carbonyl (C=O) groups is 2. The zero-order valence-electron chi connectivity index (χ0n) is 31.4. The Morgan fingerprint density at radius 2 is 1.81 bits per heavy atom. The summed E-state index contributed by atoms with van der Waals surface area (Å²) in [6.45, 7) is 13.0. The summed E-state index contributed by atoms with van der Waals surface area (Å²) in [5, 5.41) is 0.524. The maximum absolute atomic E-state index is 13.5. The van der Waals surface area contributed by atoms with Gasteiger partial charge < -0.3 is 24.7 Å². The van der Waals surface area contributed by atoms with E-state index < -0.39 is 4.87 Å². The molecule has 0 aliphatic carbocycles. The molecule has 0 bridgehead atoms. The number of hydrogen-bond donors (Lipinski definition) is 2. The number of thioether (sulfide) groups is 2. The second kappa shape index (κ2) is 14.9. The van der Waals surface area contributed by atoms with Crippen molar-refractivity contribution in [2.75, 3.05) is 32.9 Å². The van der Waals surface area contributed by atoms with Gasteiger partial charge in [-0.3, -0.25) is 4.79 Å². The average Bonchev–Trinajstić information content (AvgIpc) is 3.92. The number of likely N-dealkylation sites (tertiary alicyclic amines) is 2. The first kappa shape index (κ1) is 36.5. The summed E-state index contributed by atoms with van der Waals surface area (Å²) in [6, 6.07) is 14.4. The predicted molar refractivity (Wildman–Crippen MR) is 213 cm³/mol. The molecule has 2 N–H and O–H groups in total. The van der Waals surface area contributed by atoms with Crippen LogP contribution in [-0.4, -0.2) is 84.9 Å². The first-order chi connectivity index (χ1) is 25.0. The summed E-state index contributed by atoms with van der Waals surface area (Å²) < 4.78 is 0. The Hall–Kier alpha value is -3.88. The number of aromatic nitrogens is 4. The van der Waals surface area contributed by atoms with Crippen molar-refractivity contribution >= 4 is 46.5 Å². The molecule has 6 unspecified atom stereocenters. The van der Waals surface area contributed by atoms with Gasteiger partial charge in [0.2, 0.25) is 5.91 Å². The van der Waals surface area contributed by atoms with Crippen molar-refractivity contribution in [2.45, 2.75) is 75.8 Å². The van der Waals surface area contributed by atoms with Crippen LogP contribution in [0.3, 0.4) is 0 Å². The van der Waals surface area contributed by atoms with Crippen LogP contribution in [0.5, 0.6) is 0 Å². The molecule has 5 heterocycles. The highest BCUT2D eigenvalue weighted by atomic mass is 32.2. The average molecular weight is 738 g/mol. The van der Waals surface area contributed by atoms with Crippen LogP contribution in [0.2, 0.25) is 0 Å². The smallest absolute Gasteiger partial charge is 0.321 e. The lowest BCUT2D eigenvalue weighted by Crippen LogP contribution is -2.55. The molecular formula is C41H51N7O2S2. The zero-order valence-corrected chi connectivity index (χ0v) is 33.0. The highest BCUT2D eigenvalue weighted by Gasteiger charge is 2.51. The highest BCUT2D eigenvalue weighted by molar-refractivity contribution is 8.01. The summed E-state index contributed by atoms with van der Waals surface area (Å²) >= 11 is 3.55. The SMILES string of the molecule is CCN(C)C(=O)N1CCCC1(SC)c1ncc(-c2ccc(C#Cc3ccc4nc(C5SC6C5CCCN6C(=O)C(C)C(C)C(C)C)[nH]c4c3)cc2)[nH]1. The Labute approximate surface area is 316 Å². The number of carbonyl (C=O) groups excluding carboxylic acids is 2. The molecule has 2 aromatic carbocycles. The molecule has 3 fully saturated rings. The molecule has 3 aliphatic rings. The third-order valence-electron chi connectivity index (χ3n) is 11.8. The Kier molecular flexibility index (Phi) is 10.4. The minimum absolute atomic E-state index is 0.0411. The number of imidazole rings is 2. The number of nitrogens with one attached hydrogen (secondary N) is 2. The third kappa shape index (κ3) is 6.62. The van der Waals surface area contributed by atoms with Gasteiger partial charge in [-0.2, -0.15) is 0 Å². The van der Waals surface area contributed by atoms with Gasteiger partial charge in [-0.1, -0.05) is 51.7 Å². The molecule has 0 saturated carbocycles. The van der Waals surface area contributed by atoms with Gasteiger partial charge in [-0.15, -0.1) is 23.5 Å². The van der Waals surface area contributed by atoms with Crippen LogP contribution >= 0.6 is 23.5 Å². The number of amides is 3. The lowest BCUT2D eigenvalue weighted by atomic mass is 9.84. The minimum Gasteiger partial charge on any atom is -0.341 e. The summed E-state index contributed by atoms with van der Waals surface area (Å²) in [5.41, 5.74) is 5.74. The van der Waals surface area contributed by atoms with Crippen molar-refractivity contribution in [1.82, 2.24) is 34.6 Å². The van der Waals surface area contributed by atoms with Gasteiger partial charge in [-0.05, 0) is 86.6 Å². The monoisotopic (exact) mass is 737 g/mol. The Morgan fingerprint density at radius 1 is 1.06 bits per heavy atom. The Morgan fingerprint density at radius 3 is 2.54 bits per heavy atom. The molecule has 3 aliphatic heterocycles. The summed E-state index contributed by atoms with van der Waals surface area (Å²) in [7, 11) is 1.85. The Balaban J connectivity index is 1.01. The first-order valence-corrected chi connectivity index (χ1v) is 20.9. The van der Waals surface area contributed by atoms with E-state index in [9.17, 15) is 9.59 Å². The van der Waals surface area contributed by atoms with Crippen molar-refractivity contribution in [3.8, 4) is 23.1 Å². The molecule has 11 heteroatoms. The molecule has 52 heavy (non-hydrogen) atoms. The number of benzene rings is 2. The maximum Gasteiger partial charge on any atom is 0.321 e. The molecule has 9 nitrogen and oxygen atoms in total. The fraction of sp³-hybridized carbons (Fsp3) is 0.512. The maximum atomic E-state index is 13.5. The molecule has 4 aromatic rings. The minimum atomic E-state index is -0.498. The van der Waals surface area contributed by atoms with Crippen LogP contribution < -0.4 is 0 Å². The van der Waals surface area contributed by atoms with E-state index in [0.29, 0.717) is 30.2 Å². The van der Waals surface area contributed by atoms with Crippen LogP contribution in [0, 0.1) is 35.5 Å². The largest absolute Gasteiger partial charge is 0.341 e. The van der Waals surface area contributed by atoms with E-state index in [1.54, 1.807) is 16.7 Å². The lowest BCUT2D eigenvalue weighted by Gasteiger charge is -2.52. The van der Waals surface area contributed by atoms with E-state index in [4.69, 9.17) is 9.97 Å². The van der Waals surface area contributed by atoms with Gasteiger partial charge in [-0.25, -0.2) is 14.8 Å². The number of piperidine rings is 1. The van der Waals surface area contributed by atoms with Crippen molar-refractivity contribution in [1.29, 1.82) is 0 Å². The third-order valence-corrected chi connectivity index (χ3v) is 14.8. The number of nitrogens with zero attached hydrogens (tertiary/aromatic N) is 5. The molecule has 0 spiro atoms. The summed E-state index contributed by atoms with van der Waals surface area (Å²) in [4.78, 5) is 49.0. The van der Waals surface area contributed by atoms with Crippen molar-refractivity contribution in [3.05, 3.63) is 71.4 Å². The zero-order chi connectivity index (χ0) is 36.7. The summed E-state index contributed by atoms with van der Waals surface area (Å²) in [5.74, 6) is 10.1. The highest BCUT2D eigenvalue weighted by Crippen LogP contribution is 2.58. The van der Waals surface area contributed by atoms with Gasteiger partial charge >= 0.3 is 6.03 Å². The quantitative estimate of drug-likeness (QED) is 0.177. The van der Waals surface area contributed by atoms with Crippen LogP contribution in [-0.2, 0) is 9.67 Å². The van der Waals surface area contributed by atoms with E-state index >= 15 is 0 Å². The first-order valence-electron chi connectivity index (χ1n) is 18.8. The lowest BCUT2D eigenvalue weighted by molar-refractivity contribution is -0.140. The molecule has 3 amide bonds. The number of H-pyrrole nitrogens is 2. The van der Waals surface area contributed by atoms with Crippen LogP contribution in [0.4, 0.5) is 4.79 Å². The second-order valence-electron chi connectivity index (χ2n) is 15.0. The fourth-order valence-electron chi connectivity index (χ4n) is 7.93. The molecule has 6 atom stereocenters. The molecule has 274 valence electrons. The van der Waals surface area contributed by atoms with E-state index in [1.165, 1.54) is 0 Å².